The maximum Gasteiger partial charge on any atom is 0.229 e. The second kappa shape index (κ2) is 8.71. The summed E-state index contributed by atoms with van der Waals surface area (Å²) in [5.41, 5.74) is 2.12. The van der Waals surface area contributed by atoms with Gasteiger partial charge in [-0.15, -0.1) is 0 Å². The number of carbonyl (C=O) groups excluding carboxylic acids is 1. The van der Waals surface area contributed by atoms with Gasteiger partial charge in [-0.1, -0.05) is 23.7 Å². The third-order valence-electron chi connectivity index (χ3n) is 4.85. The third kappa shape index (κ3) is 4.81. The third-order valence-corrected chi connectivity index (χ3v) is 6.27. The van der Waals surface area contributed by atoms with Crippen LogP contribution in [0.2, 0.25) is 5.02 Å². The number of hydrogen-bond donors (Lipinski definition) is 3. The topological polar surface area (TPSA) is 113 Å². The van der Waals surface area contributed by atoms with E-state index in [4.69, 9.17) is 11.6 Å². The number of rotatable bonds is 5. The Morgan fingerprint density at radius 1 is 1.16 bits per heavy atom. The molecule has 4 rings (SSSR count). The van der Waals surface area contributed by atoms with Gasteiger partial charge in [-0.25, -0.2) is 17.8 Å². The normalized spacial score (nSPS) is 13.7. The molecule has 3 N–H and O–H groups in total. The zero-order valence-electron chi connectivity index (χ0n) is 16.9. The van der Waals surface area contributed by atoms with E-state index in [2.05, 4.69) is 25.9 Å². The number of aromatic nitrogens is 2. The van der Waals surface area contributed by atoms with Gasteiger partial charge in [0.15, 0.2) is 15.7 Å². The van der Waals surface area contributed by atoms with Crippen molar-refractivity contribution in [2.45, 2.75) is 24.2 Å². The number of sulfone groups is 1. The molecule has 32 heavy (non-hydrogen) atoms. The zero-order chi connectivity index (χ0) is 22.9. The Kier molecular flexibility index (Phi) is 5.98. The van der Waals surface area contributed by atoms with Crippen LogP contribution < -0.4 is 16.0 Å². The molecule has 1 amide bonds. The minimum Gasteiger partial charge on any atom is -0.335 e. The number of fused-ring (bicyclic) bond motifs is 1. The van der Waals surface area contributed by atoms with Gasteiger partial charge in [-0.2, -0.15) is 4.98 Å². The van der Waals surface area contributed by atoms with Crippen molar-refractivity contribution in [1.82, 2.24) is 9.97 Å². The van der Waals surface area contributed by atoms with E-state index in [-0.39, 0.29) is 33.3 Å². The first kappa shape index (κ1) is 22.0. The first-order chi connectivity index (χ1) is 15.2. The largest absolute Gasteiger partial charge is 0.335 e. The first-order valence-electron chi connectivity index (χ1n) is 9.68. The number of amides is 1. The maximum absolute atomic E-state index is 14.4. The average molecular weight is 476 g/mol. The van der Waals surface area contributed by atoms with Crippen molar-refractivity contribution in [2.75, 3.05) is 22.2 Å². The molecule has 0 bridgehead atoms. The summed E-state index contributed by atoms with van der Waals surface area (Å²) >= 11 is 6.16. The fourth-order valence-electron chi connectivity index (χ4n) is 3.34. The van der Waals surface area contributed by atoms with Gasteiger partial charge in [0.25, 0.3) is 0 Å². The van der Waals surface area contributed by atoms with Crippen LogP contribution >= 0.6 is 11.6 Å². The lowest BCUT2D eigenvalue weighted by Crippen LogP contribution is -2.09. The summed E-state index contributed by atoms with van der Waals surface area (Å²) in [6.45, 7) is 0. The van der Waals surface area contributed by atoms with E-state index in [9.17, 15) is 17.6 Å². The number of halogens is 2. The Hall–Kier alpha value is -3.24. The van der Waals surface area contributed by atoms with Crippen molar-refractivity contribution in [1.29, 1.82) is 0 Å². The van der Waals surface area contributed by atoms with Crippen LogP contribution in [0.15, 0.2) is 47.5 Å². The van der Waals surface area contributed by atoms with Crippen molar-refractivity contribution >= 4 is 56.2 Å². The SMILES string of the molecule is CS(=O)(=O)c1cccc(F)c1Nc1nc(Nc2ccc3c(c2)NC(=O)CCC3)ncc1Cl. The second-order valence-corrected chi connectivity index (χ2v) is 9.69. The number of hydrogen-bond acceptors (Lipinski definition) is 7. The fraction of sp³-hybridized carbons (Fsp3) is 0.190. The summed E-state index contributed by atoms with van der Waals surface area (Å²) in [7, 11) is -3.70. The average Bonchev–Trinajstić information content (AvgIpc) is 2.91. The second-order valence-electron chi connectivity index (χ2n) is 7.30. The highest BCUT2D eigenvalue weighted by molar-refractivity contribution is 7.90. The summed E-state index contributed by atoms with van der Waals surface area (Å²) in [6.07, 6.45) is 4.35. The Morgan fingerprint density at radius 2 is 1.97 bits per heavy atom. The van der Waals surface area contributed by atoms with Gasteiger partial charge in [0.05, 0.1) is 16.8 Å². The van der Waals surface area contributed by atoms with Gasteiger partial charge >= 0.3 is 0 Å². The molecule has 1 aromatic heterocycles. The van der Waals surface area contributed by atoms with Crippen LogP contribution in [0.5, 0.6) is 0 Å². The number of nitrogens with one attached hydrogen (secondary N) is 3. The van der Waals surface area contributed by atoms with E-state index in [0.717, 1.165) is 30.7 Å². The molecule has 8 nitrogen and oxygen atoms in total. The predicted molar refractivity (Wildman–Crippen MR) is 121 cm³/mol. The summed E-state index contributed by atoms with van der Waals surface area (Å²) in [5, 5.41) is 8.64. The van der Waals surface area contributed by atoms with Crippen molar-refractivity contribution < 1.29 is 17.6 Å². The number of benzene rings is 2. The standard InChI is InChI=1S/C21H19ClFN5O3S/c1-32(30,31)17-6-3-5-15(23)19(17)27-20-14(22)11-24-21(28-20)25-13-9-8-12-4-2-7-18(29)26-16(12)10-13/h3,5-6,8-11H,2,4,7H2,1H3,(H,26,29)(H2,24,25,27,28). The molecule has 0 fully saturated rings. The molecule has 0 aliphatic carbocycles. The molecule has 0 unspecified atom stereocenters. The van der Waals surface area contributed by atoms with Gasteiger partial charge in [0.1, 0.15) is 10.8 Å². The van der Waals surface area contributed by atoms with E-state index >= 15 is 0 Å². The zero-order valence-corrected chi connectivity index (χ0v) is 18.5. The molecule has 0 atom stereocenters. The van der Waals surface area contributed by atoms with Crippen LogP contribution in [0.1, 0.15) is 18.4 Å². The predicted octanol–water partition coefficient (Wildman–Crippen LogP) is 4.43. The maximum atomic E-state index is 14.4. The molecule has 1 aliphatic rings. The lowest BCUT2D eigenvalue weighted by Gasteiger charge is -2.14. The van der Waals surface area contributed by atoms with E-state index in [0.29, 0.717) is 17.8 Å². The highest BCUT2D eigenvalue weighted by atomic mass is 35.5. The van der Waals surface area contributed by atoms with E-state index in [1.165, 1.54) is 18.3 Å². The Bertz CT molecular complexity index is 1320. The number of anilines is 5. The van der Waals surface area contributed by atoms with Crippen molar-refractivity contribution in [2.24, 2.45) is 0 Å². The van der Waals surface area contributed by atoms with Crippen LogP contribution in [0.4, 0.5) is 33.2 Å². The van der Waals surface area contributed by atoms with Gasteiger partial charge < -0.3 is 16.0 Å². The van der Waals surface area contributed by atoms with Crippen LogP contribution in [0.3, 0.4) is 0 Å². The Labute approximate surface area is 189 Å². The monoisotopic (exact) mass is 475 g/mol. The summed E-state index contributed by atoms with van der Waals surface area (Å²) < 4.78 is 38.5. The number of carbonyl (C=O) groups is 1. The molecule has 0 saturated heterocycles. The summed E-state index contributed by atoms with van der Waals surface area (Å²) in [6, 6.07) is 9.26. The molecular weight excluding hydrogens is 457 g/mol. The van der Waals surface area contributed by atoms with Crippen LogP contribution in [-0.4, -0.2) is 30.5 Å². The van der Waals surface area contributed by atoms with E-state index < -0.39 is 15.7 Å². The van der Waals surface area contributed by atoms with Crippen LogP contribution in [0.25, 0.3) is 0 Å². The number of aryl methyl sites for hydroxylation is 1. The van der Waals surface area contributed by atoms with Gasteiger partial charge in [0.2, 0.25) is 11.9 Å². The Balaban J connectivity index is 1.63. The molecule has 1 aliphatic heterocycles. The minimum absolute atomic E-state index is 0.0298. The number of para-hydroxylation sites is 1. The lowest BCUT2D eigenvalue weighted by molar-refractivity contribution is -0.116. The summed E-state index contributed by atoms with van der Waals surface area (Å²) in [5.74, 6) is -0.628. The minimum atomic E-state index is -3.70. The van der Waals surface area contributed by atoms with Crippen LogP contribution in [-0.2, 0) is 21.1 Å². The first-order valence-corrected chi connectivity index (χ1v) is 12.0. The van der Waals surface area contributed by atoms with Crippen molar-refractivity contribution in [3.05, 3.63) is 59.0 Å². The fourth-order valence-corrected chi connectivity index (χ4v) is 4.32. The lowest BCUT2D eigenvalue weighted by atomic mass is 10.1. The van der Waals surface area contributed by atoms with Crippen molar-refractivity contribution in [3.63, 3.8) is 0 Å². The van der Waals surface area contributed by atoms with Crippen LogP contribution in [0, 0.1) is 5.82 Å². The smallest absolute Gasteiger partial charge is 0.229 e. The summed E-state index contributed by atoms with van der Waals surface area (Å²) in [4.78, 5) is 20.0. The highest BCUT2D eigenvalue weighted by Crippen LogP contribution is 2.31. The molecule has 166 valence electrons. The quantitative estimate of drug-likeness (QED) is 0.500. The molecule has 3 aromatic rings. The van der Waals surface area contributed by atoms with Gasteiger partial charge in [-0.05, 0) is 42.7 Å². The molecular formula is C21H19ClFN5O3S. The Morgan fingerprint density at radius 3 is 2.75 bits per heavy atom. The molecule has 0 spiro atoms. The molecule has 0 saturated carbocycles. The highest BCUT2D eigenvalue weighted by Gasteiger charge is 2.19. The van der Waals surface area contributed by atoms with Gasteiger partial charge in [0, 0.05) is 24.1 Å². The molecule has 2 aromatic carbocycles. The molecule has 11 heteroatoms. The number of nitrogens with zero attached hydrogens (tertiary/aromatic N) is 2. The van der Waals surface area contributed by atoms with Crippen molar-refractivity contribution in [3.8, 4) is 0 Å². The van der Waals surface area contributed by atoms with Gasteiger partial charge in [-0.3, -0.25) is 4.79 Å². The molecule has 2 heterocycles. The van der Waals surface area contributed by atoms with E-state index in [1.54, 1.807) is 6.07 Å². The van der Waals surface area contributed by atoms with E-state index in [1.807, 2.05) is 12.1 Å². The molecule has 0 radical (unpaired) electrons.